The van der Waals surface area contributed by atoms with Gasteiger partial charge in [-0.1, -0.05) is 26.2 Å². The summed E-state index contributed by atoms with van der Waals surface area (Å²) in [7, 11) is 0. The van der Waals surface area contributed by atoms with Gasteiger partial charge in [0.1, 0.15) is 43.1 Å². The highest BCUT2D eigenvalue weighted by molar-refractivity contribution is 5.79. The molecule has 1 heterocycles. The van der Waals surface area contributed by atoms with Crippen molar-refractivity contribution in [2.45, 2.75) is 32.6 Å². The number of aromatic nitrogens is 3. The van der Waals surface area contributed by atoms with Crippen LogP contribution in [0.25, 0.3) is 0 Å². The van der Waals surface area contributed by atoms with Crippen molar-refractivity contribution in [1.29, 1.82) is 0 Å². The molecule has 0 saturated carbocycles. The third kappa shape index (κ3) is 7.58. The molecule has 2 aromatic carbocycles. The first-order valence-corrected chi connectivity index (χ1v) is 10.3. The molecular formula is C23H28N4O3. The van der Waals surface area contributed by atoms with Crippen molar-refractivity contribution in [3.63, 3.8) is 0 Å². The molecule has 158 valence electrons. The Morgan fingerprint density at radius 1 is 0.733 bits per heavy atom. The molecule has 3 rings (SSSR count). The van der Waals surface area contributed by atoms with E-state index in [1.807, 2.05) is 48.5 Å². The van der Waals surface area contributed by atoms with Crippen molar-refractivity contribution in [2.75, 3.05) is 19.8 Å². The van der Waals surface area contributed by atoms with Gasteiger partial charge in [0.15, 0.2) is 0 Å². The second-order valence-corrected chi connectivity index (χ2v) is 6.73. The summed E-state index contributed by atoms with van der Waals surface area (Å²) in [5.41, 5.74) is 0.958. The summed E-state index contributed by atoms with van der Waals surface area (Å²) in [6.45, 7) is 3.90. The lowest BCUT2D eigenvalue weighted by molar-refractivity contribution is 0.217. The predicted molar refractivity (Wildman–Crippen MR) is 117 cm³/mol. The highest BCUT2D eigenvalue weighted by atomic mass is 16.5. The van der Waals surface area contributed by atoms with Crippen molar-refractivity contribution >= 4 is 6.21 Å². The maximum Gasteiger partial charge on any atom is 0.141 e. The van der Waals surface area contributed by atoms with Gasteiger partial charge in [0, 0.05) is 0 Å². The fourth-order valence-electron chi connectivity index (χ4n) is 2.71. The molecule has 0 N–H and O–H groups in total. The van der Waals surface area contributed by atoms with Gasteiger partial charge in [-0.25, -0.2) is 4.68 Å². The molecule has 1 aromatic heterocycles. The van der Waals surface area contributed by atoms with Gasteiger partial charge in [0.2, 0.25) is 0 Å². The predicted octanol–water partition coefficient (Wildman–Crippen LogP) is 4.58. The Bertz CT molecular complexity index is 862. The van der Waals surface area contributed by atoms with Gasteiger partial charge >= 0.3 is 0 Å². The summed E-state index contributed by atoms with van der Waals surface area (Å²) in [6, 6.07) is 15.4. The quantitative estimate of drug-likeness (QED) is 0.306. The van der Waals surface area contributed by atoms with Gasteiger partial charge in [-0.15, -0.1) is 10.2 Å². The van der Waals surface area contributed by atoms with Crippen molar-refractivity contribution < 1.29 is 14.2 Å². The third-order valence-electron chi connectivity index (χ3n) is 4.34. The molecule has 0 spiro atoms. The molecule has 0 radical (unpaired) electrons. The molecule has 0 unspecified atom stereocenters. The van der Waals surface area contributed by atoms with Gasteiger partial charge in [0.25, 0.3) is 0 Å². The average Bonchev–Trinajstić information content (AvgIpc) is 3.31. The summed E-state index contributed by atoms with van der Waals surface area (Å²) in [5.74, 6) is 2.47. The van der Waals surface area contributed by atoms with E-state index < -0.39 is 0 Å². The minimum Gasteiger partial charge on any atom is -0.494 e. The van der Waals surface area contributed by atoms with Crippen LogP contribution in [-0.2, 0) is 0 Å². The largest absolute Gasteiger partial charge is 0.494 e. The first-order valence-electron chi connectivity index (χ1n) is 10.3. The summed E-state index contributed by atoms with van der Waals surface area (Å²) in [5, 5.41) is 11.6. The van der Waals surface area contributed by atoms with Crippen LogP contribution in [0.3, 0.4) is 0 Å². The Hall–Kier alpha value is -3.35. The standard InChI is InChI=1S/C23H28N4O3/c1-2-3-4-5-14-28-22-10-12-23(13-11-22)30-16-15-29-21-8-6-20(7-9-21)17-26-27-18-24-25-19-27/h6-13,17-19H,2-5,14-16H2,1H3. The van der Waals surface area contributed by atoms with Crippen LogP contribution in [0.1, 0.15) is 38.2 Å². The van der Waals surface area contributed by atoms with Crippen LogP contribution >= 0.6 is 0 Å². The number of unbranched alkanes of at least 4 members (excludes halogenated alkanes) is 3. The van der Waals surface area contributed by atoms with Crippen LogP contribution in [-0.4, -0.2) is 40.9 Å². The SMILES string of the molecule is CCCCCCOc1ccc(OCCOc2ccc(C=Nn3cnnc3)cc2)cc1. The zero-order valence-electron chi connectivity index (χ0n) is 17.3. The summed E-state index contributed by atoms with van der Waals surface area (Å²) >= 11 is 0. The lowest BCUT2D eigenvalue weighted by Gasteiger charge is -2.10. The van der Waals surface area contributed by atoms with E-state index in [-0.39, 0.29) is 0 Å². The number of rotatable bonds is 13. The fraction of sp³-hybridized carbons (Fsp3) is 0.348. The minimum absolute atomic E-state index is 0.462. The first kappa shape index (κ1) is 21.4. The molecule has 0 saturated heterocycles. The first-order chi connectivity index (χ1) is 14.8. The number of hydrogen-bond acceptors (Lipinski definition) is 6. The molecule has 0 bridgehead atoms. The molecule has 7 heteroatoms. The highest BCUT2D eigenvalue weighted by Gasteiger charge is 1.99. The Kier molecular flexibility index (Phi) is 8.73. The number of hydrogen-bond donors (Lipinski definition) is 0. The van der Waals surface area contributed by atoms with E-state index in [1.54, 1.807) is 6.21 Å². The normalized spacial score (nSPS) is 11.0. The fourth-order valence-corrected chi connectivity index (χ4v) is 2.71. The van der Waals surface area contributed by atoms with Gasteiger partial charge in [-0.3, -0.25) is 0 Å². The molecule has 3 aromatic rings. The van der Waals surface area contributed by atoms with Crippen LogP contribution < -0.4 is 14.2 Å². The van der Waals surface area contributed by atoms with Gasteiger partial charge in [-0.2, -0.15) is 5.10 Å². The van der Waals surface area contributed by atoms with E-state index in [4.69, 9.17) is 14.2 Å². The van der Waals surface area contributed by atoms with Crippen molar-refractivity contribution in [3.8, 4) is 17.2 Å². The molecule has 0 aliphatic rings. The molecule has 0 aliphatic carbocycles. The minimum atomic E-state index is 0.462. The second-order valence-electron chi connectivity index (χ2n) is 6.73. The Labute approximate surface area is 177 Å². The lowest BCUT2D eigenvalue weighted by atomic mass is 10.2. The van der Waals surface area contributed by atoms with Crippen LogP contribution in [0, 0.1) is 0 Å². The third-order valence-corrected chi connectivity index (χ3v) is 4.34. The molecule has 0 fully saturated rings. The Balaban J connectivity index is 1.32. The number of benzene rings is 2. The highest BCUT2D eigenvalue weighted by Crippen LogP contribution is 2.18. The van der Waals surface area contributed by atoms with Crippen LogP contribution in [0.4, 0.5) is 0 Å². The summed E-state index contributed by atoms with van der Waals surface area (Å²) in [4.78, 5) is 0. The summed E-state index contributed by atoms with van der Waals surface area (Å²) < 4.78 is 18.7. The van der Waals surface area contributed by atoms with E-state index in [2.05, 4.69) is 22.2 Å². The van der Waals surface area contributed by atoms with E-state index in [0.29, 0.717) is 13.2 Å². The lowest BCUT2D eigenvalue weighted by Crippen LogP contribution is -2.09. The zero-order chi connectivity index (χ0) is 20.9. The molecule has 7 nitrogen and oxygen atoms in total. The van der Waals surface area contributed by atoms with Crippen molar-refractivity contribution in [1.82, 2.24) is 14.9 Å². The van der Waals surface area contributed by atoms with E-state index in [0.717, 1.165) is 35.8 Å². The summed E-state index contributed by atoms with van der Waals surface area (Å²) in [6.07, 6.45) is 9.61. The molecular weight excluding hydrogens is 380 g/mol. The maximum absolute atomic E-state index is 5.74. The van der Waals surface area contributed by atoms with Crippen LogP contribution in [0.2, 0.25) is 0 Å². The van der Waals surface area contributed by atoms with Gasteiger partial charge < -0.3 is 14.2 Å². The Morgan fingerprint density at radius 2 is 1.27 bits per heavy atom. The van der Waals surface area contributed by atoms with E-state index in [1.165, 1.54) is 36.6 Å². The molecule has 0 amide bonds. The van der Waals surface area contributed by atoms with Crippen LogP contribution in [0.5, 0.6) is 17.2 Å². The number of ether oxygens (including phenoxy) is 3. The van der Waals surface area contributed by atoms with E-state index in [9.17, 15) is 0 Å². The molecule has 0 aliphatic heterocycles. The number of nitrogens with zero attached hydrogens (tertiary/aromatic N) is 4. The van der Waals surface area contributed by atoms with Crippen molar-refractivity contribution in [3.05, 3.63) is 66.7 Å². The van der Waals surface area contributed by atoms with Gasteiger partial charge in [-0.05, 0) is 60.5 Å². The zero-order valence-corrected chi connectivity index (χ0v) is 17.3. The average molecular weight is 409 g/mol. The van der Waals surface area contributed by atoms with E-state index >= 15 is 0 Å². The van der Waals surface area contributed by atoms with Gasteiger partial charge in [0.05, 0.1) is 12.8 Å². The van der Waals surface area contributed by atoms with Crippen LogP contribution in [0.15, 0.2) is 66.3 Å². The monoisotopic (exact) mass is 408 g/mol. The second kappa shape index (κ2) is 12.3. The topological polar surface area (TPSA) is 70.8 Å². The van der Waals surface area contributed by atoms with Crippen molar-refractivity contribution in [2.24, 2.45) is 5.10 Å². The maximum atomic E-state index is 5.74. The Morgan fingerprint density at radius 3 is 1.83 bits per heavy atom. The smallest absolute Gasteiger partial charge is 0.141 e. The molecule has 0 atom stereocenters. The molecule has 30 heavy (non-hydrogen) atoms.